The van der Waals surface area contributed by atoms with Crippen LogP contribution in [0.15, 0.2) is 60.7 Å². The Kier molecular flexibility index (Phi) is 3.82. The van der Waals surface area contributed by atoms with Crippen LogP contribution in [0, 0.1) is 0 Å². The summed E-state index contributed by atoms with van der Waals surface area (Å²) in [5.74, 6) is -0.0539. The van der Waals surface area contributed by atoms with E-state index < -0.39 is 0 Å². The minimum absolute atomic E-state index is 0.0539. The van der Waals surface area contributed by atoms with Crippen molar-refractivity contribution in [3.63, 3.8) is 0 Å². The maximum Gasteiger partial charge on any atom is 0.225 e. The normalized spacial score (nSPS) is 10.4. The van der Waals surface area contributed by atoms with E-state index in [0.29, 0.717) is 11.1 Å². The number of carbonyl (C=O) groups excluding carboxylic acids is 2. The third-order valence-corrected chi connectivity index (χ3v) is 2.57. The molecule has 2 heteroatoms. The van der Waals surface area contributed by atoms with Gasteiger partial charge in [0.2, 0.25) is 6.29 Å². The molecule has 0 aromatic heterocycles. The number of allylic oxidation sites excluding steroid dienone is 1. The fourth-order valence-electron chi connectivity index (χ4n) is 1.72. The minimum atomic E-state index is -0.0539. The lowest BCUT2D eigenvalue weighted by Crippen LogP contribution is -2.03. The lowest BCUT2D eigenvalue weighted by Gasteiger charge is -2.04. The minimum Gasteiger partial charge on any atom is -0.289 e. The van der Waals surface area contributed by atoms with Gasteiger partial charge in [0.1, 0.15) is 0 Å². The summed E-state index contributed by atoms with van der Waals surface area (Å²) in [6.45, 7) is 0. The van der Waals surface area contributed by atoms with Gasteiger partial charge in [0, 0.05) is 11.1 Å². The van der Waals surface area contributed by atoms with Crippen LogP contribution in [-0.2, 0) is 4.79 Å². The Hall–Kier alpha value is -2.48. The Morgan fingerprint density at radius 3 is 2.33 bits per heavy atom. The Bertz CT molecular complexity index is 583. The third-order valence-electron chi connectivity index (χ3n) is 2.57. The molecule has 0 aliphatic heterocycles. The van der Waals surface area contributed by atoms with E-state index in [-0.39, 0.29) is 5.78 Å². The van der Waals surface area contributed by atoms with E-state index in [4.69, 9.17) is 0 Å². The second-order valence-corrected chi connectivity index (χ2v) is 3.73. The van der Waals surface area contributed by atoms with E-state index in [1.165, 1.54) is 6.08 Å². The van der Waals surface area contributed by atoms with Gasteiger partial charge in [-0.15, -0.1) is 0 Å². The average molecular weight is 235 g/mol. The van der Waals surface area contributed by atoms with Crippen molar-refractivity contribution in [3.05, 3.63) is 77.4 Å². The number of ketones is 1. The molecular formula is C16H11O2. The highest BCUT2D eigenvalue weighted by molar-refractivity contribution is 6.11. The molecule has 2 rings (SSSR count). The van der Waals surface area contributed by atoms with Crippen molar-refractivity contribution in [3.8, 4) is 0 Å². The van der Waals surface area contributed by atoms with Gasteiger partial charge in [-0.2, -0.15) is 0 Å². The summed E-state index contributed by atoms with van der Waals surface area (Å²) in [5.41, 5.74) is 1.93. The first-order valence-electron chi connectivity index (χ1n) is 5.56. The van der Waals surface area contributed by atoms with Crippen LogP contribution in [-0.4, -0.2) is 12.1 Å². The largest absolute Gasteiger partial charge is 0.289 e. The van der Waals surface area contributed by atoms with Crippen molar-refractivity contribution in [2.24, 2.45) is 0 Å². The number of rotatable bonds is 4. The topological polar surface area (TPSA) is 34.1 Å². The fourth-order valence-corrected chi connectivity index (χ4v) is 1.72. The molecule has 0 fully saturated rings. The zero-order valence-electron chi connectivity index (χ0n) is 9.67. The quantitative estimate of drug-likeness (QED) is 0.603. The van der Waals surface area contributed by atoms with Crippen molar-refractivity contribution >= 4 is 18.1 Å². The van der Waals surface area contributed by atoms with Crippen LogP contribution in [0.1, 0.15) is 21.5 Å². The average Bonchev–Trinajstić information content (AvgIpc) is 2.45. The number of carbonyl (C=O) groups is 1. The predicted octanol–water partition coefficient (Wildman–Crippen LogP) is 3.04. The monoisotopic (exact) mass is 235 g/mol. The van der Waals surface area contributed by atoms with E-state index in [1.54, 1.807) is 42.7 Å². The summed E-state index contributed by atoms with van der Waals surface area (Å²) < 4.78 is 0. The van der Waals surface area contributed by atoms with E-state index in [9.17, 15) is 9.59 Å². The van der Waals surface area contributed by atoms with Crippen LogP contribution < -0.4 is 0 Å². The Labute approximate surface area is 106 Å². The van der Waals surface area contributed by atoms with E-state index in [1.807, 2.05) is 24.3 Å². The molecule has 2 aromatic rings. The summed E-state index contributed by atoms with van der Waals surface area (Å²) in [4.78, 5) is 22.5. The first-order chi connectivity index (χ1) is 8.83. The van der Waals surface area contributed by atoms with Gasteiger partial charge in [0.05, 0.1) is 0 Å². The fraction of sp³-hybridized carbons (Fsp3) is 0. The molecule has 1 radical (unpaired) electrons. The summed E-state index contributed by atoms with van der Waals surface area (Å²) >= 11 is 0. The molecule has 18 heavy (non-hydrogen) atoms. The van der Waals surface area contributed by atoms with Gasteiger partial charge in [0.15, 0.2) is 5.78 Å². The Morgan fingerprint density at radius 2 is 1.61 bits per heavy atom. The predicted molar refractivity (Wildman–Crippen MR) is 71.0 cm³/mol. The van der Waals surface area contributed by atoms with Gasteiger partial charge in [-0.1, -0.05) is 60.7 Å². The summed E-state index contributed by atoms with van der Waals surface area (Å²) in [5, 5.41) is 0. The van der Waals surface area contributed by atoms with Crippen LogP contribution in [0.25, 0.3) is 6.08 Å². The zero-order valence-corrected chi connectivity index (χ0v) is 9.67. The highest BCUT2D eigenvalue weighted by atomic mass is 16.1. The van der Waals surface area contributed by atoms with Crippen molar-refractivity contribution in [2.45, 2.75) is 0 Å². The Balaban J connectivity index is 2.42. The van der Waals surface area contributed by atoms with Crippen LogP contribution in [0.2, 0.25) is 0 Å². The molecule has 0 spiro atoms. The molecule has 0 bridgehead atoms. The highest BCUT2D eigenvalue weighted by Gasteiger charge is 2.10. The summed E-state index contributed by atoms with van der Waals surface area (Å²) in [6, 6.07) is 16.2. The first kappa shape index (κ1) is 12.0. The highest BCUT2D eigenvalue weighted by Crippen LogP contribution is 2.15. The second-order valence-electron chi connectivity index (χ2n) is 3.73. The first-order valence-corrected chi connectivity index (χ1v) is 5.56. The lowest BCUT2D eigenvalue weighted by atomic mass is 9.98. The maximum atomic E-state index is 12.3. The van der Waals surface area contributed by atoms with Crippen LogP contribution >= 0.6 is 0 Å². The SMILES string of the molecule is O=[C]/C=C/c1ccccc1C(=O)c1ccccc1. The molecule has 0 aliphatic rings. The van der Waals surface area contributed by atoms with E-state index >= 15 is 0 Å². The molecule has 2 nitrogen and oxygen atoms in total. The molecule has 0 atom stereocenters. The van der Waals surface area contributed by atoms with Crippen molar-refractivity contribution in [1.82, 2.24) is 0 Å². The molecule has 0 unspecified atom stereocenters. The molecule has 0 saturated heterocycles. The van der Waals surface area contributed by atoms with Crippen molar-refractivity contribution in [1.29, 1.82) is 0 Å². The summed E-state index contributed by atoms with van der Waals surface area (Å²) in [6.07, 6.45) is 4.53. The molecule has 0 amide bonds. The molecule has 87 valence electrons. The lowest BCUT2D eigenvalue weighted by molar-refractivity contribution is 0.103. The van der Waals surface area contributed by atoms with Gasteiger partial charge in [-0.25, -0.2) is 0 Å². The van der Waals surface area contributed by atoms with Gasteiger partial charge in [0.25, 0.3) is 0 Å². The van der Waals surface area contributed by atoms with Crippen molar-refractivity contribution < 1.29 is 9.59 Å². The molecule has 0 aliphatic carbocycles. The van der Waals surface area contributed by atoms with Gasteiger partial charge >= 0.3 is 0 Å². The molecule has 0 heterocycles. The van der Waals surface area contributed by atoms with Crippen LogP contribution in [0.3, 0.4) is 0 Å². The van der Waals surface area contributed by atoms with E-state index in [0.717, 1.165) is 5.56 Å². The molecular weight excluding hydrogens is 224 g/mol. The summed E-state index contributed by atoms with van der Waals surface area (Å²) in [7, 11) is 0. The molecule has 0 N–H and O–H groups in total. The van der Waals surface area contributed by atoms with Gasteiger partial charge < -0.3 is 0 Å². The van der Waals surface area contributed by atoms with Crippen LogP contribution in [0.5, 0.6) is 0 Å². The number of benzene rings is 2. The third kappa shape index (κ3) is 2.61. The smallest absolute Gasteiger partial charge is 0.225 e. The number of hydrogen-bond donors (Lipinski definition) is 0. The molecule has 2 aromatic carbocycles. The maximum absolute atomic E-state index is 12.3. The van der Waals surface area contributed by atoms with Crippen LogP contribution in [0.4, 0.5) is 0 Å². The van der Waals surface area contributed by atoms with Gasteiger partial charge in [-0.3, -0.25) is 9.59 Å². The zero-order chi connectivity index (χ0) is 12.8. The van der Waals surface area contributed by atoms with Gasteiger partial charge in [-0.05, 0) is 11.6 Å². The van der Waals surface area contributed by atoms with E-state index in [2.05, 4.69) is 0 Å². The Morgan fingerprint density at radius 1 is 0.944 bits per heavy atom. The number of hydrogen-bond acceptors (Lipinski definition) is 2. The second kappa shape index (κ2) is 5.73. The standard InChI is InChI=1S/C16H11O2/c17-12-6-10-13-7-4-5-11-15(13)16(18)14-8-2-1-3-9-14/h1-11H/b10-6+. The van der Waals surface area contributed by atoms with Crippen molar-refractivity contribution in [2.75, 3.05) is 0 Å². The molecule has 0 saturated carbocycles.